The fourth-order valence-corrected chi connectivity index (χ4v) is 0.589. The first-order valence-corrected chi connectivity index (χ1v) is 4.33. The van der Waals surface area contributed by atoms with Crippen LogP contribution in [0.4, 0.5) is 0 Å². The normalized spacial score (nSPS) is 13.2. The summed E-state index contributed by atoms with van der Waals surface area (Å²) in [6.07, 6.45) is 0.811. The van der Waals surface area contributed by atoms with E-state index >= 15 is 0 Å². The van der Waals surface area contributed by atoms with Crippen LogP contribution in [0.1, 0.15) is 27.2 Å². The second kappa shape index (κ2) is 8.93. The van der Waals surface area contributed by atoms with E-state index in [1.807, 2.05) is 20.8 Å². The van der Waals surface area contributed by atoms with Gasteiger partial charge in [0.25, 0.3) is 0 Å². The Labute approximate surface area is 73.6 Å². The maximum atomic E-state index is 4.94. The standard InChI is InChI=1S/C8H18O4/c1-4-9-11-7-6-8(3)12-10-5-2/h8H,4-7H2,1-3H3. The first-order valence-electron chi connectivity index (χ1n) is 4.33. The van der Waals surface area contributed by atoms with E-state index in [1.54, 1.807) is 0 Å². The molecule has 0 amide bonds. The van der Waals surface area contributed by atoms with E-state index in [2.05, 4.69) is 0 Å². The molecule has 0 radical (unpaired) electrons. The summed E-state index contributed by atoms with van der Waals surface area (Å²) in [6.45, 7) is 7.34. The molecule has 12 heavy (non-hydrogen) atoms. The molecule has 0 aromatic heterocycles. The summed E-state index contributed by atoms with van der Waals surface area (Å²) in [5.74, 6) is 0. The van der Waals surface area contributed by atoms with Crippen molar-refractivity contribution in [2.24, 2.45) is 0 Å². The summed E-state index contributed by atoms with van der Waals surface area (Å²) in [7, 11) is 0. The molecule has 0 saturated carbocycles. The van der Waals surface area contributed by atoms with Gasteiger partial charge in [0.1, 0.15) is 0 Å². The highest BCUT2D eigenvalue weighted by Gasteiger charge is 2.02. The number of rotatable bonds is 8. The van der Waals surface area contributed by atoms with Crippen LogP contribution in [0.15, 0.2) is 0 Å². The van der Waals surface area contributed by atoms with E-state index in [0.29, 0.717) is 19.8 Å². The fourth-order valence-electron chi connectivity index (χ4n) is 0.589. The summed E-state index contributed by atoms with van der Waals surface area (Å²) < 4.78 is 0. The van der Waals surface area contributed by atoms with Gasteiger partial charge in [-0.3, -0.25) is 0 Å². The molecular weight excluding hydrogens is 160 g/mol. The lowest BCUT2D eigenvalue weighted by molar-refractivity contribution is -0.332. The summed E-state index contributed by atoms with van der Waals surface area (Å²) in [5, 5.41) is 0. The average molecular weight is 178 g/mol. The molecule has 0 aliphatic heterocycles. The summed E-state index contributed by atoms with van der Waals surface area (Å²) >= 11 is 0. The van der Waals surface area contributed by atoms with E-state index in [0.717, 1.165) is 6.42 Å². The molecular formula is C8H18O4. The summed E-state index contributed by atoms with van der Waals surface area (Å²) in [4.78, 5) is 19.2. The minimum Gasteiger partial charge on any atom is -0.237 e. The zero-order valence-corrected chi connectivity index (χ0v) is 8.04. The van der Waals surface area contributed by atoms with Gasteiger partial charge in [-0.05, 0) is 20.8 Å². The van der Waals surface area contributed by atoms with Gasteiger partial charge in [0.15, 0.2) is 0 Å². The molecule has 4 nitrogen and oxygen atoms in total. The Balaban J connectivity index is 3.02. The molecule has 0 aliphatic rings. The van der Waals surface area contributed by atoms with Gasteiger partial charge in [-0.15, -0.1) is 0 Å². The van der Waals surface area contributed by atoms with Crippen molar-refractivity contribution < 1.29 is 19.6 Å². The van der Waals surface area contributed by atoms with Crippen molar-refractivity contribution in [1.29, 1.82) is 0 Å². The Morgan fingerprint density at radius 3 is 2.25 bits per heavy atom. The molecule has 0 spiro atoms. The highest BCUT2D eigenvalue weighted by molar-refractivity contribution is 4.44. The quantitative estimate of drug-likeness (QED) is 0.322. The Bertz CT molecular complexity index is 87.1. The first kappa shape index (κ1) is 11.8. The van der Waals surface area contributed by atoms with Gasteiger partial charge in [0.2, 0.25) is 0 Å². The maximum Gasteiger partial charge on any atom is 0.0925 e. The molecule has 0 aromatic carbocycles. The third-order valence-electron chi connectivity index (χ3n) is 1.16. The Morgan fingerprint density at radius 1 is 1.00 bits per heavy atom. The SMILES string of the molecule is CCOOCCC(C)OOCC. The van der Waals surface area contributed by atoms with Gasteiger partial charge in [-0.2, -0.15) is 0 Å². The fraction of sp³-hybridized carbons (Fsp3) is 1.00. The lowest BCUT2D eigenvalue weighted by Crippen LogP contribution is -2.12. The molecule has 0 fully saturated rings. The molecule has 1 atom stereocenters. The topological polar surface area (TPSA) is 36.9 Å². The highest BCUT2D eigenvalue weighted by atomic mass is 17.2. The van der Waals surface area contributed by atoms with Gasteiger partial charge in [-0.25, -0.2) is 19.6 Å². The van der Waals surface area contributed by atoms with Crippen molar-refractivity contribution in [3.05, 3.63) is 0 Å². The monoisotopic (exact) mass is 178 g/mol. The van der Waals surface area contributed by atoms with Crippen LogP contribution in [-0.4, -0.2) is 25.9 Å². The predicted molar refractivity (Wildman–Crippen MR) is 44.4 cm³/mol. The molecule has 0 rings (SSSR count). The van der Waals surface area contributed by atoms with E-state index in [-0.39, 0.29) is 6.10 Å². The highest BCUT2D eigenvalue weighted by Crippen LogP contribution is 1.98. The lowest BCUT2D eigenvalue weighted by Gasteiger charge is -2.09. The zero-order valence-electron chi connectivity index (χ0n) is 8.04. The van der Waals surface area contributed by atoms with Crippen molar-refractivity contribution in [3.63, 3.8) is 0 Å². The van der Waals surface area contributed by atoms with Crippen LogP contribution in [0.5, 0.6) is 0 Å². The number of hydrogen-bond donors (Lipinski definition) is 0. The Kier molecular flexibility index (Phi) is 8.81. The molecule has 0 aromatic rings. The van der Waals surface area contributed by atoms with Crippen molar-refractivity contribution in [1.82, 2.24) is 0 Å². The van der Waals surface area contributed by atoms with Gasteiger partial charge in [0.05, 0.1) is 25.9 Å². The molecule has 0 N–H and O–H groups in total. The molecule has 0 aliphatic carbocycles. The van der Waals surface area contributed by atoms with Crippen molar-refractivity contribution >= 4 is 0 Å². The molecule has 4 heteroatoms. The Morgan fingerprint density at radius 2 is 1.67 bits per heavy atom. The average Bonchev–Trinajstić information content (AvgIpc) is 2.09. The third kappa shape index (κ3) is 7.94. The maximum absolute atomic E-state index is 4.94. The minimum atomic E-state index is 0.0467. The van der Waals surface area contributed by atoms with E-state index < -0.39 is 0 Å². The third-order valence-corrected chi connectivity index (χ3v) is 1.16. The van der Waals surface area contributed by atoms with Gasteiger partial charge < -0.3 is 0 Å². The van der Waals surface area contributed by atoms with Gasteiger partial charge >= 0.3 is 0 Å². The van der Waals surface area contributed by atoms with Crippen molar-refractivity contribution in [2.75, 3.05) is 19.8 Å². The summed E-state index contributed by atoms with van der Waals surface area (Å²) in [6, 6.07) is 0. The zero-order chi connectivity index (χ0) is 9.23. The smallest absolute Gasteiger partial charge is 0.0925 e. The second-order valence-corrected chi connectivity index (χ2v) is 2.33. The van der Waals surface area contributed by atoms with E-state index in [1.165, 1.54) is 0 Å². The van der Waals surface area contributed by atoms with E-state index in [9.17, 15) is 0 Å². The number of hydrogen-bond acceptors (Lipinski definition) is 4. The molecule has 0 heterocycles. The van der Waals surface area contributed by atoms with E-state index in [4.69, 9.17) is 19.6 Å². The van der Waals surface area contributed by atoms with Crippen LogP contribution in [0.3, 0.4) is 0 Å². The van der Waals surface area contributed by atoms with Crippen LogP contribution in [0.25, 0.3) is 0 Å². The van der Waals surface area contributed by atoms with Crippen LogP contribution in [0.2, 0.25) is 0 Å². The lowest BCUT2D eigenvalue weighted by atomic mass is 10.3. The Hall–Kier alpha value is -0.160. The van der Waals surface area contributed by atoms with Gasteiger partial charge in [0, 0.05) is 6.42 Å². The van der Waals surface area contributed by atoms with Crippen molar-refractivity contribution in [2.45, 2.75) is 33.3 Å². The van der Waals surface area contributed by atoms with Crippen LogP contribution >= 0.6 is 0 Å². The minimum absolute atomic E-state index is 0.0467. The second-order valence-electron chi connectivity index (χ2n) is 2.33. The van der Waals surface area contributed by atoms with Crippen LogP contribution < -0.4 is 0 Å². The summed E-state index contributed by atoms with van der Waals surface area (Å²) in [5.41, 5.74) is 0. The molecule has 74 valence electrons. The predicted octanol–water partition coefficient (Wildman–Crippen LogP) is 1.70. The van der Waals surface area contributed by atoms with Crippen molar-refractivity contribution in [3.8, 4) is 0 Å². The molecule has 1 unspecified atom stereocenters. The molecule has 0 saturated heterocycles. The largest absolute Gasteiger partial charge is 0.237 e. The molecule has 0 bridgehead atoms. The van der Waals surface area contributed by atoms with Crippen LogP contribution in [0, 0.1) is 0 Å². The first-order chi connectivity index (χ1) is 5.81. The van der Waals surface area contributed by atoms with Crippen LogP contribution in [-0.2, 0) is 19.6 Å². The van der Waals surface area contributed by atoms with Gasteiger partial charge in [-0.1, -0.05) is 0 Å².